The molecular formula is C26H27N5O2. The molecule has 0 spiro atoms. The number of imidazole rings is 1. The number of anilines is 1. The van der Waals surface area contributed by atoms with Crippen LogP contribution in [0.2, 0.25) is 0 Å². The third-order valence-corrected chi connectivity index (χ3v) is 6.16. The molecular weight excluding hydrogens is 414 g/mol. The Morgan fingerprint density at radius 3 is 2.70 bits per heavy atom. The Labute approximate surface area is 192 Å². The molecule has 168 valence electrons. The number of nitrogens with one attached hydrogen (secondary N) is 2. The largest absolute Gasteiger partial charge is 0.490 e. The van der Waals surface area contributed by atoms with Gasteiger partial charge in [-0.15, -0.1) is 0 Å². The predicted molar refractivity (Wildman–Crippen MR) is 130 cm³/mol. The molecule has 2 N–H and O–H groups in total. The zero-order valence-electron chi connectivity index (χ0n) is 18.8. The molecule has 7 heteroatoms. The molecule has 0 aliphatic carbocycles. The molecule has 0 atom stereocenters. The van der Waals surface area contributed by atoms with Crippen LogP contribution in [0, 0.1) is 6.92 Å². The first kappa shape index (κ1) is 21.2. The van der Waals surface area contributed by atoms with Gasteiger partial charge in [0.05, 0.1) is 11.9 Å². The molecule has 1 aliphatic heterocycles. The summed E-state index contributed by atoms with van der Waals surface area (Å²) in [6, 6.07) is 15.4. The van der Waals surface area contributed by atoms with Crippen LogP contribution in [0.5, 0.6) is 5.75 Å². The molecule has 2 aromatic heterocycles. The van der Waals surface area contributed by atoms with E-state index in [0.29, 0.717) is 11.4 Å². The number of hydrogen-bond donors (Lipinski definition) is 2. The molecule has 1 fully saturated rings. The molecule has 0 saturated carbocycles. The van der Waals surface area contributed by atoms with Crippen LogP contribution >= 0.6 is 0 Å². The van der Waals surface area contributed by atoms with E-state index in [1.807, 2.05) is 44.4 Å². The summed E-state index contributed by atoms with van der Waals surface area (Å²) in [5.41, 5.74) is 2.65. The number of rotatable bonds is 5. The highest BCUT2D eigenvalue weighted by atomic mass is 16.5. The molecule has 7 nitrogen and oxygen atoms in total. The van der Waals surface area contributed by atoms with Gasteiger partial charge in [-0.1, -0.05) is 18.2 Å². The smallest absolute Gasteiger partial charge is 0.256 e. The topological polar surface area (TPSA) is 81.1 Å². The lowest BCUT2D eigenvalue weighted by Crippen LogP contribution is -2.34. The monoisotopic (exact) mass is 441 g/mol. The van der Waals surface area contributed by atoms with E-state index < -0.39 is 0 Å². The van der Waals surface area contributed by atoms with Crippen molar-refractivity contribution in [2.75, 3.05) is 18.4 Å². The van der Waals surface area contributed by atoms with Gasteiger partial charge in [0.15, 0.2) is 0 Å². The quantitative estimate of drug-likeness (QED) is 0.482. The van der Waals surface area contributed by atoms with Gasteiger partial charge >= 0.3 is 0 Å². The summed E-state index contributed by atoms with van der Waals surface area (Å²) in [4.78, 5) is 21.7. The lowest BCUT2D eigenvalue weighted by Gasteiger charge is -2.24. The minimum atomic E-state index is -0.212. The summed E-state index contributed by atoms with van der Waals surface area (Å²) in [5, 5.41) is 8.26. The van der Waals surface area contributed by atoms with Gasteiger partial charge in [-0.2, -0.15) is 0 Å². The molecule has 33 heavy (non-hydrogen) atoms. The van der Waals surface area contributed by atoms with E-state index in [2.05, 4.69) is 37.3 Å². The molecule has 0 radical (unpaired) electrons. The fourth-order valence-electron chi connectivity index (χ4n) is 4.14. The average Bonchev–Trinajstić information content (AvgIpc) is 3.17. The number of aromatic nitrogens is 3. The summed E-state index contributed by atoms with van der Waals surface area (Å²) in [6.45, 7) is 3.90. The second kappa shape index (κ2) is 9.03. The number of nitrogens with zero attached hydrogens (tertiary/aromatic N) is 3. The molecule has 1 saturated heterocycles. The van der Waals surface area contributed by atoms with Gasteiger partial charge in [-0.25, -0.2) is 9.97 Å². The predicted octanol–water partition coefficient (Wildman–Crippen LogP) is 4.33. The highest BCUT2D eigenvalue weighted by Gasteiger charge is 2.16. The number of amides is 1. The van der Waals surface area contributed by atoms with Crippen LogP contribution in [0.15, 0.2) is 60.9 Å². The normalized spacial score (nSPS) is 14.4. The maximum absolute atomic E-state index is 12.9. The lowest BCUT2D eigenvalue weighted by atomic mass is 10.1. The first-order valence-corrected chi connectivity index (χ1v) is 11.2. The van der Waals surface area contributed by atoms with E-state index in [9.17, 15) is 4.79 Å². The molecule has 1 aliphatic rings. The van der Waals surface area contributed by atoms with Gasteiger partial charge in [0, 0.05) is 29.8 Å². The minimum Gasteiger partial charge on any atom is -0.490 e. The number of carbonyl (C=O) groups excluding carboxylic acids is 1. The maximum Gasteiger partial charge on any atom is 0.256 e. The van der Waals surface area contributed by atoms with Gasteiger partial charge in [-0.3, -0.25) is 4.79 Å². The van der Waals surface area contributed by atoms with Crippen molar-refractivity contribution in [1.82, 2.24) is 19.9 Å². The number of pyridine rings is 1. The van der Waals surface area contributed by atoms with Gasteiger partial charge in [-0.05, 0) is 68.6 Å². The van der Waals surface area contributed by atoms with E-state index >= 15 is 0 Å². The fourth-order valence-corrected chi connectivity index (χ4v) is 4.14. The van der Waals surface area contributed by atoms with E-state index in [1.54, 1.807) is 18.3 Å². The summed E-state index contributed by atoms with van der Waals surface area (Å²) in [7, 11) is 2.00. The summed E-state index contributed by atoms with van der Waals surface area (Å²) < 4.78 is 8.14. The summed E-state index contributed by atoms with van der Waals surface area (Å²) in [6.07, 6.45) is 5.78. The third-order valence-electron chi connectivity index (χ3n) is 6.16. The van der Waals surface area contributed by atoms with Crippen LogP contribution in [0.25, 0.3) is 22.0 Å². The molecule has 0 unspecified atom stereocenters. The number of hydrogen-bond acceptors (Lipinski definition) is 5. The van der Waals surface area contributed by atoms with Crippen LogP contribution in [0.1, 0.15) is 29.0 Å². The van der Waals surface area contributed by atoms with Crippen LogP contribution < -0.4 is 15.4 Å². The van der Waals surface area contributed by atoms with Gasteiger partial charge < -0.3 is 19.9 Å². The Bertz CT molecular complexity index is 1310. The summed E-state index contributed by atoms with van der Waals surface area (Å²) in [5.74, 6) is 1.97. The van der Waals surface area contributed by atoms with Gasteiger partial charge in [0.2, 0.25) is 0 Å². The SMILES string of the molecule is Cc1ncc(-c2ccc3cnc(NC(=O)c4cccc(OC5CCNCC5)c4)cc3c2)n1C. The Hall–Kier alpha value is -3.71. The molecule has 4 aromatic rings. The first-order chi connectivity index (χ1) is 16.1. The van der Waals surface area contributed by atoms with E-state index in [0.717, 1.165) is 59.5 Å². The first-order valence-electron chi connectivity index (χ1n) is 11.2. The average molecular weight is 442 g/mol. The van der Waals surface area contributed by atoms with Crippen molar-refractivity contribution >= 4 is 22.5 Å². The molecule has 1 amide bonds. The number of fused-ring (bicyclic) bond motifs is 1. The van der Waals surface area contributed by atoms with Crippen LogP contribution in [0.3, 0.4) is 0 Å². The molecule has 3 heterocycles. The van der Waals surface area contributed by atoms with E-state index in [4.69, 9.17) is 4.74 Å². The lowest BCUT2D eigenvalue weighted by molar-refractivity contribution is 0.102. The number of aryl methyl sites for hydroxylation is 1. The molecule has 0 bridgehead atoms. The Kier molecular flexibility index (Phi) is 5.79. The second-order valence-electron chi connectivity index (χ2n) is 8.43. The molecule has 5 rings (SSSR count). The highest BCUT2D eigenvalue weighted by molar-refractivity contribution is 6.04. The Morgan fingerprint density at radius 2 is 1.91 bits per heavy atom. The van der Waals surface area contributed by atoms with Crippen molar-refractivity contribution in [3.63, 3.8) is 0 Å². The number of ether oxygens (including phenoxy) is 1. The standard InChI is InChI=1S/C26H27N5O2/c1-17-28-16-24(31(17)2)18-6-7-20-15-29-25(14-21(20)12-18)30-26(32)19-4-3-5-23(13-19)33-22-8-10-27-11-9-22/h3-7,12-16,22,27H,8-11H2,1-2H3,(H,29,30,32). The van der Waals surface area contributed by atoms with Crippen molar-refractivity contribution in [3.8, 4) is 17.0 Å². The van der Waals surface area contributed by atoms with Gasteiger partial charge in [0.25, 0.3) is 5.91 Å². The number of piperidine rings is 1. The maximum atomic E-state index is 12.9. The fraction of sp³-hybridized carbons (Fsp3) is 0.269. The van der Waals surface area contributed by atoms with Crippen molar-refractivity contribution < 1.29 is 9.53 Å². The Balaban J connectivity index is 1.34. The Morgan fingerprint density at radius 1 is 1.06 bits per heavy atom. The van der Waals surface area contributed by atoms with Crippen molar-refractivity contribution in [1.29, 1.82) is 0 Å². The molecule has 2 aromatic carbocycles. The summed E-state index contributed by atoms with van der Waals surface area (Å²) >= 11 is 0. The number of carbonyl (C=O) groups is 1. The third kappa shape index (κ3) is 4.59. The van der Waals surface area contributed by atoms with E-state index in [-0.39, 0.29) is 12.0 Å². The number of benzene rings is 2. The van der Waals surface area contributed by atoms with Crippen molar-refractivity contribution in [3.05, 3.63) is 72.3 Å². The van der Waals surface area contributed by atoms with Crippen LogP contribution in [0.4, 0.5) is 5.82 Å². The minimum absolute atomic E-state index is 0.184. The second-order valence-corrected chi connectivity index (χ2v) is 8.43. The van der Waals surface area contributed by atoms with Crippen molar-refractivity contribution in [2.24, 2.45) is 7.05 Å². The zero-order valence-corrected chi connectivity index (χ0v) is 18.8. The van der Waals surface area contributed by atoms with E-state index in [1.165, 1.54) is 0 Å². The highest BCUT2D eigenvalue weighted by Crippen LogP contribution is 2.26. The van der Waals surface area contributed by atoms with Crippen LogP contribution in [-0.4, -0.2) is 39.6 Å². The van der Waals surface area contributed by atoms with Gasteiger partial charge in [0.1, 0.15) is 23.5 Å². The zero-order chi connectivity index (χ0) is 22.8. The van der Waals surface area contributed by atoms with Crippen LogP contribution in [-0.2, 0) is 7.05 Å². The van der Waals surface area contributed by atoms with Crippen molar-refractivity contribution in [2.45, 2.75) is 25.9 Å².